The van der Waals surface area contributed by atoms with Gasteiger partial charge in [-0.25, -0.2) is 0 Å². The maximum absolute atomic E-state index is 13.2. The Morgan fingerprint density at radius 3 is 2.88 bits per heavy atom. The molecular formula is C18H24N4O2. The van der Waals surface area contributed by atoms with Crippen molar-refractivity contribution in [2.75, 3.05) is 19.6 Å². The number of hydrogen-bond acceptors (Lipinski definition) is 4. The number of furan rings is 1. The van der Waals surface area contributed by atoms with Gasteiger partial charge in [0.2, 0.25) is 0 Å². The number of nitrogens with zero attached hydrogens (tertiary/aromatic N) is 4. The fraction of sp³-hybridized carbons (Fsp3) is 0.556. The van der Waals surface area contributed by atoms with Gasteiger partial charge in [0.25, 0.3) is 5.91 Å². The number of rotatable bonds is 3. The van der Waals surface area contributed by atoms with Gasteiger partial charge in [-0.2, -0.15) is 5.10 Å². The van der Waals surface area contributed by atoms with Crippen LogP contribution in [0.5, 0.6) is 0 Å². The summed E-state index contributed by atoms with van der Waals surface area (Å²) < 4.78 is 7.39. The zero-order valence-electron chi connectivity index (χ0n) is 14.1. The number of carbonyl (C=O) groups is 1. The van der Waals surface area contributed by atoms with Gasteiger partial charge in [0.05, 0.1) is 24.1 Å². The first kappa shape index (κ1) is 15.4. The second kappa shape index (κ2) is 6.43. The molecule has 0 radical (unpaired) electrons. The van der Waals surface area contributed by atoms with Crippen LogP contribution in [0.15, 0.2) is 29.0 Å². The molecule has 2 aromatic heterocycles. The van der Waals surface area contributed by atoms with Crippen molar-refractivity contribution in [2.45, 2.75) is 45.3 Å². The lowest BCUT2D eigenvalue weighted by Gasteiger charge is -2.32. The van der Waals surface area contributed by atoms with E-state index < -0.39 is 0 Å². The van der Waals surface area contributed by atoms with E-state index in [1.54, 1.807) is 12.3 Å². The quantitative estimate of drug-likeness (QED) is 0.867. The summed E-state index contributed by atoms with van der Waals surface area (Å²) in [5.41, 5.74) is 1.78. The molecule has 1 fully saturated rings. The number of aromatic nitrogens is 2. The summed E-state index contributed by atoms with van der Waals surface area (Å²) in [6.07, 6.45) is 6.89. The summed E-state index contributed by atoms with van der Waals surface area (Å²) in [4.78, 5) is 17.7. The maximum atomic E-state index is 13.2. The molecule has 6 heteroatoms. The molecule has 0 aromatic carbocycles. The molecule has 1 saturated heterocycles. The van der Waals surface area contributed by atoms with E-state index in [2.05, 4.69) is 10.00 Å². The molecule has 0 N–H and O–H groups in total. The third kappa shape index (κ3) is 2.86. The lowest BCUT2D eigenvalue weighted by Crippen LogP contribution is -2.45. The lowest BCUT2D eigenvalue weighted by atomic mass is 10.1. The van der Waals surface area contributed by atoms with Gasteiger partial charge in [-0.15, -0.1) is 0 Å². The first-order valence-corrected chi connectivity index (χ1v) is 8.80. The maximum Gasteiger partial charge on any atom is 0.258 e. The van der Waals surface area contributed by atoms with Crippen LogP contribution in [0, 0.1) is 6.92 Å². The predicted octanol–water partition coefficient (Wildman–Crippen LogP) is 2.30. The summed E-state index contributed by atoms with van der Waals surface area (Å²) >= 11 is 0. The molecule has 0 aliphatic carbocycles. The van der Waals surface area contributed by atoms with E-state index in [1.165, 1.54) is 12.8 Å². The molecule has 1 amide bonds. The number of amides is 1. The Bertz CT molecular complexity index is 714. The summed E-state index contributed by atoms with van der Waals surface area (Å²) in [5.74, 6) is 0.762. The van der Waals surface area contributed by atoms with Crippen LogP contribution in [0.1, 0.15) is 41.1 Å². The van der Waals surface area contributed by atoms with Crippen LogP contribution in [0.2, 0.25) is 0 Å². The number of fused-ring (bicyclic) bond motifs is 1. The molecule has 2 aliphatic rings. The van der Waals surface area contributed by atoms with E-state index in [-0.39, 0.29) is 11.9 Å². The molecular weight excluding hydrogens is 304 g/mol. The van der Waals surface area contributed by atoms with Crippen molar-refractivity contribution in [2.24, 2.45) is 0 Å². The van der Waals surface area contributed by atoms with Gasteiger partial charge >= 0.3 is 0 Å². The van der Waals surface area contributed by atoms with E-state index in [4.69, 9.17) is 4.42 Å². The highest BCUT2D eigenvalue weighted by Gasteiger charge is 2.31. The summed E-state index contributed by atoms with van der Waals surface area (Å²) in [6.45, 7) is 6.58. The van der Waals surface area contributed by atoms with Crippen molar-refractivity contribution in [3.05, 3.63) is 41.6 Å². The zero-order valence-corrected chi connectivity index (χ0v) is 14.1. The molecule has 2 aromatic rings. The molecule has 0 unspecified atom stereocenters. The van der Waals surface area contributed by atoms with Crippen LogP contribution in [0.3, 0.4) is 0 Å². The normalized spacial score (nSPS) is 21.7. The molecule has 4 heterocycles. The smallest absolute Gasteiger partial charge is 0.258 e. The van der Waals surface area contributed by atoms with Crippen molar-refractivity contribution in [3.8, 4) is 0 Å². The second-order valence-electron chi connectivity index (χ2n) is 6.82. The largest absolute Gasteiger partial charge is 0.469 e. The van der Waals surface area contributed by atoms with Gasteiger partial charge < -0.3 is 14.2 Å². The Morgan fingerprint density at radius 2 is 2.12 bits per heavy atom. The Labute approximate surface area is 142 Å². The molecule has 0 saturated carbocycles. The molecule has 4 rings (SSSR count). The third-order valence-electron chi connectivity index (χ3n) is 5.27. The van der Waals surface area contributed by atoms with Gasteiger partial charge in [0.1, 0.15) is 5.76 Å². The second-order valence-corrected chi connectivity index (χ2v) is 6.82. The molecule has 2 aliphatic heterocycles. The fourth-order valence-corrected chi connectivity index (χ4v) is 3.88. The van der Waals surface area contributed by atoms with Gasteiger partial charge in [-0.3, -0.25) is 9.48 Å². The first-order chi connectivity index (χ1) is 11.7. The minimum atomic E-state index is 0.0695. The highest BCUT2D eigenvalue weighted by atomic mass is 16.3. The van der Waals surface area contributed by atoms with Crippen molar-refractivity contribution in [1.29, 1.82) is 0 Å². The van der Waals surface area contributed by atoms with E-state index in [0.717, 1.165) is 38.3 Å². The standard InChI is InChI=1S/C18H24N4O2/c1-14-17(6-11-24-14)18(23)21-13-16-4-7-19-22(16)10-5-15(21)12-20-8-2-3-9-20/h4,6-7,11,15H,2-3,5,8-10,12-13H2,1H3/t15-/m1/s1. The Hall–Kier alpha value is -2.08. The van der Waals surface area contributed by atoms with Gasteiger partial charge in [-0.1, -0.05) is 0 Å². The SMILES string of the molecule is Cc1occc1C(=O)N1Cc2ccnn2CC[C@@H]1CN1CCCC1. The van der Waals surface area contributed by atoms with Gasteiger partial charge in [0.15, 0.2) is 0 Å². The molecule has 24 heavy (non-hydrogen) atoms. The Morgan fingerprint density at radius 1 is 1.29 bits per heavy atom. The lowest BCUT2D eigenvalue weighted by molar-refractivity contribution is 0.0613. The first-order valence-electron chi connectivity index (χ1n) is 8.80. The average molecular weight is 328 g/mol. The van der Waals surface area contributed by atoms with Crippen LogP contribution < -0.4 is 0 Å². The van der Waals surface area contributed by atoms with Crippen LogP contribution >= 0.6 is 0 Å². The van der Waals surface area contributed by atoms with Crippen molar-refractivity contribution in [1.82, 2.24) is 19.6 Å². The fourth-order valence-electron chi connectivity index (χ4n) is 3.88. The highest BCUT2D eigenvalue weighted by molar-refractivity contribution is 5.95. The molecule has 128 valence electrons. The minimum absolute atomic E-state index is 0.0695. The van der Waals surface area contributed by atoms with Crippen LogP contribution in [-0.4, -0.2) is 51.2 Å². The summed E-state index contributed by atoms with van der Waals surface area (Å²) in [5, 5.41) is 4.40. The van der Waals surface area contributed by atoms with Crippen LogP contribution in [0.4, 0.5) is 0 Å². The third-order valence-corrected chi connectivity index (χ3v) is 5.27. The predicted molar refractivity (Wildman–Crippen MR) is 89.6 cm³/mol. The Kier molecular flexibility index (Phi) is 4.14. The molecule has 6 nitrogen and oxygen atoms in total. The molecule has 0 spiro atoms. The van der Waals surface area contributed by atoms with Crippen molar-refractivity contribution < 1.29 is 9.21 Å². The molecule has 0 bridgehead atoms. The van der Waals surface area contributed by atoms with Gasteiger partial charge in [-0.05, 0) is 51.4 Å². The van der Waals surface area contributed by atoms with Gasteiger partial charge in [0, 0.05) is 25.3 Å². The average Bonchev–Trinajstić information content (AvgIpc) is 3.30. The van der Waals surface area contributed by atoms with Crippen molar-refractivity contribution >= 4 is 5.91 Å². The van der Waals surface area contributed by atoms with E-state index in [9.17, 15) is 4.79 Å². The summed E-state index contributed by atoms with van der Waals surface area (Å²) in [7, 11) is 0. The summed E-state index contributed by atoms with van der Waals surface area (Å²) in [6, 6.07) is 4.01. The van der Waals surface area contributed by atoms with Crippen molar-refractivity contribution in [3.63, 3.8) is 0 Å². The van der Waals surface area contributed by atoms with E-state index in [0.29, 0.717) is 17.9 Å². The number of hydrogen-bond donors (Lipinski definition) is 0. The number of likely N-dealkylation sites (tertiary alicyclic amines) is 1. The monoisotopic (exact) mass is 328 g/mol. The zero-order chi connectivity index (χ0) is 16.5. The van der Waals surface area contributed by atoms with E-state index in [1.807, 2.05) is 28.8 Å². The molecule has 1 atom stereocenters. The number of carbonyl (C=O) groups excluding carboxylic acids is 1. The number of aryl methyl sites for hydroxylation is 2. The van der Waals surface area contributed by atoms with Crippen LogP contribution in [0.25, 0.3) is 0 Å². The van der Waals surface area contributed by atoms with E-state index >= 15 is 0 Å². The highest BCUT2D eigenvalue weighted by Crippen LogP contribution is 2.23. The van der Waals surface area contributed by atoms with Crippen LogP contribution in [-0.2, 0) is 13.1 Å². The minimum Gasteiger partial charge on any atom is -0.469 e. The topological polar surface area (TPSA) is 54.5 Å². The Balaban J connectivity index is 1.61.